The average Bonchev–Trinajstić information content (AvgIpc) is 2.38. The van der Waals surface area contributed by atoms with Crippen LogP contribution in [0.3, 0.4) is 0 Å². The Balaban J connectivity index is 2.49. The molecule has 0 fully saturated rings. The van der Waals surface area contributed by atoms with E-state index in [0.717, 1.165) is 6.42 Å². The third-order valence-electron chi connectivity index (χ3n) is 2.76. The molecule has 0 bridgehead atoms. The standard InChI is InChI=1S/C15H20N2O3/c1-10(2)8-9-16-14(19)15(20)17-13-6-4-12(5-7-13)11(3)18/h4-7,10H,8-9H2,1-3H3,(H,16,19)(H,17,20). The lowest BCUT2D eigenvalue weighted by Crippen LogP contribution is -2.36. The largest absolute Gasteiger partial charge is 0.348 e. The molecular formula is C15H20N2O3. The molecule has 0 radical (unpaired) electrons. The molecule has 0 unspecified atom stereocenters. The minimum atomic E-state index is -0.704. The monoisotopic (exact) mass is 276 g/mol. The van der Waals surface area contributed by atoms with Crippen molar-refractivity contribution in [2.75, 3.05) is 11.9 Å². The molecule has 5 heteroatoms. The molecule has 1 rings (SSSR count). The molecular weight excluding hydrogens is 256 g/mol. The molecule has 0 aromatic heterocycles. The van der Waals surface area contributed by atoms with E-state index >= 15 is 0 Å². The first kappa shape index (κ1) is 15.9. The van der Waals surface area contributed by atoms with Crippen LogP contribution in [0.15, 0.2) is 24.3 Å². The summed E-state index contributed by atoms with van der Waals surface area (Å²) in [6, 6.07) is 6.40. The molecule has 0 aliphatic heterocycles. The number of carbonyl (C=O) groups is 3. The van der Waals surface area contributed by atoms with Crippen molar-refractivity contribution in [1.82, 2.24) is 5.32 Å². The Morgan fingerprint density at radius 2 is 1.65 bits per heavy atom. The third kappa shape index (κ3) is 5.22. The smallest absolute Gasteiger partial charge is 0.313 e. The first-order valence-electron chi connectivity index (χ1n) is 6.60. The molecule has 1 aromatic carbocycles. The van der Waals surface area contributed by atoms with Crippen LogP contribution < -0.4 is 10.6 Å². The van der Waals surface area contributed by atoms with Crippen LogP contribution in [0.5, 0.6) is 0 Å². The number of rotatable bonds is 5. The summed E-state index contributed by atoms with van der Waals surface area (Å²) in [5.74, 6) is -0.933. The van der Waals surface area contributed by atoms with Crippen LogP contribution in [-0.4, -0.2) is 24.1 Å². The van der Waals surface area contributed by atoms with Gasteiger partial charge in [-0.05, 0) is 43.5 Å². The fourth-order valence-electron chi connectivity index (χ4n) is 1.53. The maximum absolute atomic E-state index is 11.6. The van der Waals surface area contributed by atoms with Crippen molar-refractivity contribution in [2.45, 2.75) is 27.2 Å². The van der Waals surface area contributed by atoms with Crippen molar-refractivity contribution < 1.29 is 14.4 Å². The van der Waals surface area contributed by atoms with Gasteiger partial charge in [0.2, 0.25) is 0 Å². The van der Waals surface area contributed by atoms with E-state index in [4.69, 9.17) is 0 Å². The van der Waals surface area contributed by atoms with Crippen LogP contribution in [0.25, 0.3) is 0 Å². The highest BCUT2D eigenvalue weighted by atomic mass is 16.2. The predicted octanol–water partition coefficient (Wildman–Crippen LogP) is 1.99. The number of ketones is 1. The van der Waals surface area contributed by atoms with Gasteiger partial charge in [0.25, 0.3) is 0 Å². The second kappa shape index (κ2) is 7.43. The number of nitrogens with one attached hydrogen (secondary N) is 2. The van der Waals surface area contributed by atoms with Crippen LogP contribution in [-0.2, 0) is 9.59 Å². The van der Waals surface area contributed by atoms with Crippen molar-refractivity contribution >= 4 is 23.3 Å². The van der Waals surface area contributed by atoms with E-state index in [1.54, 1.807) is 24.3 Å². The summed E-state index contributed by atoms with van der Waals surface area (Å²) in [6.07, 6.45) is 0.826. The summed E-state index contributed by atoms with van der Waals surface area (Å²) >= 11 is 0. The van der Waals surface area contributed by atoms with Gasteiger partial charge in [0, 0.05) is 17.8 Å². The molecule has 0 spiro atoms. The lowest BCUT2D eigenvalue weighted by atomic mass is 10.1. The summed E-state index contributed by atoms with van der Waals surface area (Å²) in [7, 11) is 0. The number of Topliss-reactive ketones (excluding diaryl/α,β-unsaturated/α-hetero) is 1. The van der Waals surface area contributed by atoms with Crippen LogP contribution >= 0.6 is 0 Å². The van der Waals surface area contributed by atoms with Gasteiger partial charge in [0.15, 0.2) is 5.78 Å². The molecule has 20 heavy (non-hydrogen) atoms. The number of anilines is 1. The van der Waals surface area contributed by atoms with Crippen molar-refractivity contribution in [3.63, 3.8) is 0 Å². The summed E-state index contributed by atoms with van der Waals surface area (Å²) in [5, 5.41) is 5.04. The lowest BCUT2D eigenvalue weighted by Gasteiger charge is -2.08. The van der Waals surface area contributed by atoms with Gasteiger partial charge in [-0.2, -0.15) is 0 Å². The van der Waals surface area contributed by atoms with Gasteiger partial charge in [0.05, 0.1) is 0 Å². The molecule has 0 heterocycles. The topological polar surface area (TPSA) is 75.3 Å². The molecule has 2 amide bonds. The van der Waals surface area contributed by atoms with E-state index in [-0.39, 0.29) is 5.78 Å². The fourth-order valence-corrected chi connectivity index (χ4v) is 1.53. The zero-order chi connectivity index (χ0) is 15.1. The molecule has 0 saturated heterocycles. The minimum absolute atomic E-state index is 0.0469. The summed E-state index contributed by atoms with van der Waals surface area (Å²) in [5.41, 5.74) is 1.04. The number of amides is 2. The Kier molecular flexibility index (Phi) is 5.90. The molecule has 108 valence electrons. The number of hydrogen-bond donors (Lipinski definition) is 2. The molecule has 1 aromatic rings. The quantitative estimate of drug-likeness (QED) is 0.638. The van der Waals surface area contributed by atoms with E-state index in [9.17, 15) is 14.4 Å². The van der Waals surface area contributed by atoms with Crippen molar-refractivity contribution in [2.24, 2.45) is 5.92 Å². The van der Waals surface area contributed by atoms with E-state index in [0.29, 0.717) is 23.7 Å². The molecule has 5 nitrogen and oxygen atoms in total. The van der Waals surface area contributed by atoms with E-state index in [1.165, 1.54) is 6.92 Å². The van der Waals surface area contributed by atoms with Gasteiger partial charge in [-0.1, -0.05) is 13.8 Å². The number of hydrogen-bond acceptors (Lipinski definition) is 3. The summed E-state index contributed by atoms with van der Waals surface area (Å²) in [6.45, 7) is 6.04. The summed E-state index contributed by atoms with van der Waals surface area (Å²) in [4.78, 5) is 34.3. The molecule has 2 N–H and O–H groups in total. The maximum Gasteiger partial charge on any atom is 0.313 e. The SMILES string of the molecule is CC(=O)c1ccc(NC(=O)C(=O)NCCC(C)C)cc1. The second-order valence-electron chi connectivity index (χ2n) is 5.03. The first-order chi connectivity index (χ1) is 9.40. The van der Waals surface area contributed by atoms with Gasteiger partial charge in [-0.25, -0.2) is 0 Å². The number of carbonyl (C=O) groups excluding carboxylic acids is 3. The Morgan fingerprint density at radius 1 is 1.05 bits per heavy atom. The van der Waals surface area contributed by atoms with Gasteiger partial charge in [0.1, 0.15) is 0 Å². The minimum Gasteiger partial charge on any atom is -0.348 e. The van der Waals surface area contributed by atoms with Crippen molar-refractivity contribution in [3.8, 4) is 0 Å². The molecule has 0 atom stereocenters. The zero-order valence-electron chi connectivity index (χ0n) is 12.0. The van der Waals surface area contributed by atoms with Gasteiger partial charge >= 0.3 is 11.8 Å². The van der Waals surface area contributed by atoms with E-state index in [1.807, 2.05) is 13.8 Å². The van der Waals surface area contributed by atoms with E-state index < -0.39 is 11.8 Å². The van der Waals surface area contributed by atoms with Crippen molar-refractivity contribution in [1.29, 1.82) is 0 Å². The Hall–Kier alpha value is -2.17. The van der Waals surface area contributed by atoms with Crippen molar-refractivity contribution in [3.05, 3.63) is 29.8 Å². The highest BCUT2D eigenvalue weighted by Crippen LogP contribution is 2.09. The van der Waals surface area contributed by atoms with E-state index in [2.05, 4.69) is 10.6 Å². The highest BCUT2D eigenvalue weighted by Gasteiger charge is 2.13. The Morgan fingerprint density at radius 3 is 2.15 bits per heavy atom. The Bertz CT molecular complexity index is 492. The summed E-state index contributed by atoms with van der Waals surface area (Å²) < 4.78 is 0. The predicted molar refractivity (Wildman–Crippen MR) is 77.5 cm³/mol. The first-order valence-corrected chi connectivity index (χ1v) is 6.60. The normalized spacial score (nSPS) is 10.2. The van der Waals surface area contributed by atoms with Gasteiger partial charge < -0.3 is 10.6 Å². The third-order valence-corrected chi connectivity index (χ3v) is 2.76. The second-order valence-corrected chi connectivity index (χ2v) is 5.03. The maximum atomic E-state index is 11.6. The van der Waals surface area contributed by atoms with Crippen LogP contribution in [0.1, 0.15) is 37.6 Å². The molecule has 0 saturated carbocycles. The zero-order valence-corrected chi connectivity index (χ0v) is 12.0. The fraction of sp³-hybridized carbons (Fsp3) is 0.400. The highest BCUT2D eigenvalue weighted by molar-refractivity contribution is 6.39. The van der Waals surface area contributed by atoms with Gasteiger partial charge in [-0.3, -0.25) is 14.4 Å². The molecule has 0 aliphatic rings. The average molecular weight is 276 g/mol. The molecule has 0 aliphatic carbocycles. The van der Waals surface area contributed by atoms with Crippen LogP contribution in [0, 0.1) is 5.92 Å². The Labute approximate surface area is 118 Å². The van der Waals surface area contributed by atoms with Crippen LogP contribution in [0.4, 0.5) is 5.69 Å². The van der Waals surface area contributed by atoms with Crippen LogP contribution in [0.2, 0.25) is 0 Å². The lowest BCUT2D eigenvalue weighted by molar-refractivity contribution is -0.136. The van der Waals surface area contributed by atoms with Gasteiger partial charge in [-0.15, -0.1) is 0 Å². The number of benzene rings is 1.